The van der Waals surface area contributed by atoms with Gasteiger partial charge in [0, 0.05) is 38.6 Å². The predicted molar refractivity (Wildman–Crippen MR) is 85.7 cm³/mol. The fourth-order valence-electron chi connectivity index (χ4n) is 1.54. The van der Waals surface area contributed by atoms with Crippen LogP contribution in [0.1, 0.15) is 19.8 Å². The monoisotopic (exact) mass is 310 g/mol. The number of carbonyl (C=O) groups excluding carboxylic acids is 2. The second kappa shape index (κ2) is 9.41. The van der Waals surface area contributed by atoms with Gasteiger partial charge in [-0.15, -0.1) is 0 Å². The van der Waals surface area contributed by atoms with E-state index in [0.29, 0.717) is 31.7 Å². The summed E-state index contributed by atoms with van der Waals surface area (Å²) in [5.41, 5.74) is 0.666. The summed E-state index contributed by atoms with van der Waals surface area (Å²) in [5.74, 6) is -0.0694. The molecule has 21 heavy (non-hydrogen) atoms. The van der Waals surface area contributed by atoms with Gasteiger partial charge in [-0.1, -0.05) is 12.1 Å². The van der Waals surface area contributed by atoms with Crippen LogP contribution in [0.25, 0.3) is 0 Å². The first-order valence-corrected chi connectivity index (χ1v) is 7.72. The van der Waals surface area contributed by atoms with E-state index in [-0.39, 0.29) is 11.1 Å². The number of nitrogens with one attached hydrogen (secondary N) is 1. The van der Waals surface area contributed by atoms with E-state index in [1.165, 1.54) is 4.90 Å². The van der Waals surface area contributed by atoms with Gasteiger partial charge in [0.25, 0.3) is 5.24 Å². The number of anilines is 1. The molecule has 0 atom stereocenters. The minimum atomic E-state index is -0.0759. The van der Waals surface area contributed by atoms with Crippen molar-refractivity contribution >= 4 is 28.6 Å². The number of rotatable bonds is 7. The molecule has 6 heteroatoms. The molecule has 1 aromatic carbocycles. The highest BCUT2D eigenvalue weighted by atomic mass is 32.2. The van der Waals surface area contributed by atoms with Gasteiger partial charge in [0.1, 0.15) is 0 Å². The lowest BCUT2D eigenvalue weighted by atomic mass is 10.2. The maximum absolute atomic E-state index is 11.9. The van der Waals surface area contributed by atoms with Crippen LogP contribution in [0, 0.1) is 0 Å². The van der Waals surface area contributed by atoms with Gasteiger partial charge in [-0.2, -0.15) is 0 Å². The zero-order valence-corrected chi connectivity index (χ0v) is 13.5. The molecule has 0 aromatic heterocycles. The van der Waals surface area contributed by atoms with E-state index in [4.69, 9.17) is 4.74 Å². The van der Waals surface area contributed by atoms with Crippen LogP contribution >= 0.6 is 11.8 Å². The first kappa shape index (κ1) is 17.5. The Morgan fingerprint density at radius 3 is 2.67 bits per heavy atom. The Hall–Kier alpha value is -1.53. The maximum Gasteiger partial charge on any atom is 0.286 e. The molecule has 116 valence electrons. The van der Waals surface area contributed by atoms with Crippen molar-refractivity contribution in [2.45, 2.75) is 24.7 Å². The largest absolute Gasteiger partial charge is 0.382 e. The van der Waals surface area contributed by atoms with Crippen LogP contribution in [0.15, 0.2) is 29.2 Å². The van der Waals surface area contributed by atoms with E-state index >= 15 is 0 Å². The van der Waals surface area contributed by atoms with E-state index in [2.05, 4.69) is 5.32 Å². The highest BCUT2D eigenvalue weighted by Gasteiger charge is 2.12. The summed E-state index contributed by atoms with van der Waals surface area (Å²) in [6.45, 7) is 3.17. The zero-order valence-electron chi connectivity index (χ0n) is 12.7. The normalized spacial score (nSPS) is 10.2. The van der Waals surface area contributed by atoms with Gasteiger partial charge in [0.2, 0.25) is 5.91 Å². The Labute approximate surface area is 130 Å². The van der Waals surface area contributed by atoms with Crippen LogP contribution in [-0.2, 0) is 9.53 Å². The number of thioether (sulfide) groups is 1. The third-order valence-electron chi connectivity index (χ3n) is 2.62. The molecule has 0 aliphatic carbocycles. The third kappa shape index (κ3) is 6.64. The number of benzene rings is 1. The molecular weight excluding hydrogens is 288 g/mol. The van der Waals surface area contributed by atoms with Gasteiger partial charge in [-0.3, -0.25) is 9.59 Å². The summed E-state index contributed by atoms with van der Waals surface area (Å²) in [5, 5.41) is 2.77. The van der Waals surface area contributed by atoms with E-state index in [0.717, 1.165) is 16.7 Å². The summed E-state index contributed by atoms with van der Waals surface area (Å²) in [6.07, 6.45) is 1.09. The van der Waals surface area contributed by atoms with Crippen molar-refractivity contribution in [2.75, 3.05) is 32.6 Å². The van der Waals surface area contributed by atoms with Crippen LogP contribution in [-0.4, -0.2) is 43.4 Å². The van der Waals surface area contributed by atoms with Gasteiger partial charge in [-0.05, 0) is 37.2 Å². The fourth-order valence-corrected chi connectivity index (χ4v) is 2.28. The van der Waals surface area contributed by atoms with Crippen LogP contribution < -0.4 is 5.32 Å². The molecule has 0 bridgehead atoms. The summed E-state index contributed by atoms with van der Waals surface area (Å²) >= 11 is 1.10. The zero-order chi connectivity index (χ0) is 15.7. The van der Waals surface area contributed by atoms with Crippen molar-refractivity contribution in [1.82, 2.24) is 4.90 Å². The molecule has 0 saturated carbocycles. The van der Waals surface area contributed by atoms with Crippen LogP contribution in [0.5, 0.6) is 0 Å². The molecule has 5 nitrogen and oxygen atoms in total. The predicted octanol–water partition coefficient (Wildman–Crippen LogP) is 3.22. The Bertz CT molecular complexity index is 478. The number of hydrogen-bond acceptors (Lipinski definition) is 4. The van der Waals surface area contributed by atoms with Crippen LogP contribution in [0.2, 0.25) is 0 Å². The average Bonchev–Trinajstić information content (AvgIpc) is 2.45. The summed E-state index contributed by atoms with van der Waals surface area (Å²) < 4.78 is 5.20. The Morgan fingerprint density at radius 1 is 1.29 bits per heavy atom. The van der Waals surface area contributed by atoms with Crippen molar-refractivity contribution in [1.29, 1.82) is 0 Å². The summed E-state index contributed by atoms with van der Waals surface area (Å²) in [7, 11) is 3.40. The molecule has 0 unspecified atom stereocenters. The quantitative estimate of drug-likeness (QED) is 0.620. The molecular formula is C15H22N2O3S. The molecule has 2 amide bonds. The Balaban J connectivity index is 2.58. The van der Waals surface area contributed by atoms with E-state index in [1.807, 2.05) is 25.1 Å². The third-order valence-corrected chi connectivity index (χ3v) is 3.74. The number of hydrogen-bond donors (Lipinski definition) is 1. The molecule has 0 saturated heterocycles. The molecule has 0 radical (unpaired) electrons. The van der Waals surface area contributed by atoms with Crippen molar-refractivity contribution in [3.63, 3.8) is 0 Å². The Kier molecular flexibility index (Phi) is 7.85. The number of ether oxygens (including phenoxy) is 1. The molecule has 1 aromatic rings. The second-order valence-electron chi connectivity index (χ2n) is 4.61. The second-order valence-corrected chi connectivity index (χ2v) is 5.60. The first-order valence-electron chi connectivity index (χ1n) is 6.90. The summed E-state index contributed by atoms with van der Waals surface area (Å²) in [6, 6.07) is 7.30. The minimum absolute atomic E-state index is 0.0694. The standard InChI is InChI=1S/C15H22N2O3S/c1-4-20-11-7-10-14(18)16-12-8-5-6-9-13(12)21-15(19)17(2)3/h5-6,8-9H,4,7,10-11H2,1-3H3,(H,16,18). The van der Waals surface area contributed by atoms with Gasteiger partial charge >= 0.3 is 0 Å². The lowest BCUT2D eigenvalue weighted by molar-refractivity contribution is -0.116. The van der Waals surface area contributed by atoms with Crippen LogP contribution in [0.3, 0.4) is 0 Å². The van der Waals surface area contributed by atoms with Gasteiger partial charge in [0.05, 0.1) is 5.69 Å². The highest BCUT2D eigenvalue weighted by molar-refractivity contribution is 8.13. The molecule has 1 N–H and O–H groups in total. The first-order chi connectivity index (χ1) is 10.0. The molecule has 0 aliphatic heterocycles. The molecule has 1 rings (SSSR count). The fraction of sp³-hybridized carbons (Fsp3) is 0.467. The number of amides is 2. The number of para-hydroxylation sites is 1. The number of carbonyl (C=O) groups is 2. The molecule has 0 heterocycles. The van der Waals surface area contributed by atoms with Gasteiger partial charge in [-0.25, -0.2) is 0 Å². The highest BCUT2D eigenvalue weighted by Crippen LogP contribution is 2.28. The lowest BCUT2D eigenvalue weighted by Crippen LogP contribution is -2.17. The lowest BCUT2D eigenvalue weighted by Gasteiger charge is -2.13. The van der Waals surface area contributed by atoms with Gasteiger partial charge in [0.15, 0.2) is 0 Å². The van der Waals surface area contributed by atoms with E-state index in [1.54, 1.807) is 20.2 Å². The smallest absolute Gasteiger partial charge is 0.286 e. The van der Waals surface area contributed by atoms with Crippen molar-refractivity contribution in [2.24, 2.45) is 0 Å². The van der Waals surface area contributed by atoms with E-state index in [9.17, 15) is 9.59 Å². The topological polar surface area (TPSA) is 58.6 Å². The number of nitrogens with zero attached hydrogens (tertiary/aromatic N) is 1. The average molecular weight is 310 g/mol. The molecule has 0 fully saturated rings. The Morgan fingerprint density at radius 2 is 2.00 bits per heavy atom. The molecule has 0 spiro atoms. The van der Waals surface area contributed by atoms with Gasteiger partial charge < -0.3 is 15.0 Å². The van der Waals surface area contributed by atoms with Crippen molar-refractivity contribution < 1.29 is 14.3 Å². The maximum atomic E-state index is 11.9. The minimum Gasteiger partial charge on any atom is -0.382 e. The molecule has 0 aliphatic rings. The van der Waals surface area contributed by atoms with E-state index < -0.39 is 0 Å². The van der Waals surface area contributed by atoms with Crippen molar-refractivity contribution in [3.8, 4) is 0 Å². The van der Waals surface area contributed by atoms with Crippen molar-refractivity contribution in [3.05, 3.63) is 24.3 Å². The SMILES string of the molecule is CCOCCCC(=O)Nc1ccccc1SC(=O)N(C)C. The summed E-state index contributed by atoms with van der Waals surface area (Å²) in [4.78, 5) is 25.9. The van der Waals surface area contributed by atoms with Crippen LogP contribution in [0.4, 0.5) is 10.5 Å².